The van der Waals surface area contributed by atoms with E-state index in [1.54, 1.807) is 0 Å². The van der Waals surface area contributed by atoms with E-state index in [0.29, 0.717) is 25.2 Å². The maximum atomic E-state index is 12.5. The quantitative estimate of drug-likeness (QED) is 0.0499. The predicted molar refractivity (Wildman–Crippen MR) is 188 cm³/mol. The number of hydrogen-bond donors (Lipinski definition) is 1. The van der Waals surface area contributed by atoms with Crippen molar-refractivity contribution >= 4 is 11.9 Å². The molecule has 45 heavy (non-hydrogen) atoms. The van der Waals surface area contributed by atoms with Gasteiger partial charge in [0.25, 0.3) is 0 Å². The molecule has 0 atom stereocenters. The van der Waals surface area contributed by atoms with Crippen molar-refractivity contribution in [3.63, 3.8) is 0 Å². The number of nitrogens with zero attached hydrogens (tertiary/aromatic N) is 1. The first-order chi connectivity index (χ1) is 22.0. The van der Waals surface area contributed by atoms with E-state index in [9.17, 15) is 14.7 Å². The molecule has 0 spiro atoms. The first-order valence-electron chi connectivity index (χ1n) is 18.8. The van der Waals surface area contributed by atoms with Gasteiger partial charge in [0.15, 0.2) is 0 Å². The molecule has 0 aliphatic heterocycles. The van der Waals surface area contributed by atoms with Crippen molar-refractivity contribution in [1.82, 2.24) is 4.90 Å². The number of aryl methyl sites for hydroxylation is 2. The van der Waals surface area contributed by atoms with E-state index in [-0.39, 0.29) is 18.5 Å². The first kappa shape index (κ1) is 41.1. The molecule has 1 aromatic carbocycles. The van der Waals surface area contributed by atoms with Crippen molar-refractivity contribution in [2.45, 2.75) is 168 Å². The molecule has 6 heteroatoms. The van der Waals surface area contributed by atoms with Crippen LogP contribution in [-0.2, 0) is 27.2 Å². The van der Waals surface area contributed by atoms with Crippen molar-refractivity contribution < 1.29 is 24.2 Å². The summed E-state index contributed by atoms with van der Waals surface area (Å²) in [5, 5.41) is 9.48. The van der Waals surface area contributed by atoms with Crippen LogP contribution in [0.3, 0.4) is 0 Å². The average molecular weight is 632 g/mol. The van der Waals surface area contributed by atoms with Crippen LogP contribution in [0.2, 0.25) is 0 Å². The highest BCUT2D eigenvalue weighted by Crippen LogP contribution is 2.22. The maximum Gasteiger partial charge on any atom is 0.311 e. The molecular formula is C39H69NO5. The summed E-state index contributed by atoms with van der Waals surface area (Å²) in [6.07, 6.45) is 24.5. The highest BCUT2D eigenvalue weighted by atomic mass is 16.5. The number of ether oxygens (including phenoxy) is 2. The van der Waals surface area contributed by atoms with Crippen molar-refractivity contribution in [1.29, 1.82) is 0 Å². The molecule has 260 valence electrons. The zero-order chi connectivity index (χ0) is 32.8. The van der Waals surface area contributed by atoms with Gasteiger partial charge in [-0.1, -0.05) is 104 Å². The minimum Gasteiger partial charge on any atom is -0.466 e. The van der Waals surface area contributed by atoms with Gasteiger partial charge < -0.3 is 19.5 Å². The lowest BCUT2D eigenvalue weighted by molar-refractivity contribution is -0.144. The summed E-state index contributed by atoms with van der Waals surface area (Å²) in [6, 6.07) is 6.21. The second-order valence-electron chi connectivity index (χ2n) is 12.8. The monoisotopic (exact) mass is 632 g/mol. The van der Waals surface area contributed by atoms with Crippen LogP contribution < -0.4 is 4.74 Å². The van der Waals surface area contributed by atoms with Gasteiger partial charge in [-0.05, 0) is 94.1 Å². The second kappa shape index (κ2) is 29.5. The fraction of sp³-hybridized carbons (Fsp3) is 0.795. The third-order valence-electron chi connectivity index (χ3n) is 8.65. The maximum absolute atomic E-state index is 12.5. The lowest BCUT2D eigenvalue weighted by Gasteiger charge is -2.21. The normalized spacial score (nSPS) is 11.3. The minimum atomic E-state index is -0.125. The molecule has 0 aromatic heterocycles. The topological polar surface area (TPSA) is 76.1 Å². The van der Waals surface area contributed by atoms with Crippen molar-refractivity contribution in [2.75, 3.05) is 32.8 Å². The highest BCUT2D eigenvalue weighted by molar-refractivity contribution is 5.72. The van der Waals surface area contributed by atoms with E-state index in [1.165, 1.54) is 43.2 Å². The zero-order valence-corrected chi connectivity index (χ0v) is 29.6. The Labute approximate surface area is 277 Å². The number of hydrogen-bond acceptors (Lipinski definition) is 6. The number of aliphatic hydroxyl groups is 1. The number of carbonyl (C=O) groups is 2. The number of esters is 2. The largest absolute Gasteiger partial charge is 0.466 e. The Hall–Kier alpha value is -1.92. The number of carbonyl (C=O) groups excluding carboxylic acids is 2. The Morgan fingerprint density at radius 1 is 0.600 bits per heavy atom. The summed E-state index contributed by atoms with van der Waals surface area (Å²) in [5.74, 6) is 0.526. The molecule has 0 fully saturated rings. The van der Waals surface area contributed by atoms with E-state index >= 15 is 0 Å². The third-order valence-corrected chi connectivity index (χ3v) is 8.65. The summed E-state index contributed by atoms with van der Waals surface area (Å²) in [5.41, 5.74) is 2.74. The summed E-state index contributed by atoms with van der Waals surface area (Å²) < 4.78 is 11.0. The molecule has 0 bridgehead atoms. The lowest BCUT2D eigenvalue weighted by atomic mass is 9.97. The molecule has 0 aliphatic carbocycles. The predicted octanol–water partition coefficient (Wildman–Crippen LogP) is 9.77. The molecule has 0 aliphatic rings. The summed E-state index contributed by atoms with van der Waals surface area (Å²) in [6.45, 7) is 10.2. The van der Waals surface area contributed by atoms with E-state index in [0.717, 1.165) is 122 Å². The van der Waals surface area contributed by atoms with Gasteiger partial charge in [-0.2, -0.15) is 0 Å². The Bertz CT molecular complexity index is 858. The van der Waals surface area contributed by atoms with E-state index < -0.39 is 0 Å². The van der Waals surface area contributed by atoms with Gasteiger partial charge in [0.2, 0.25) is 0 Å². The van der Waals surface area contributed by atoms with Crippen LogP contribution >= 0.6 is 0 Å². The van der Waals surface area contributed by atoms with Gasteiger partial charge in [0.05, 0.1) is 13.2 Å². The van der Waals surface area contributed by atoms with Gasteiger partial charge in [-0.25, -0.2) is 0 Å². The van der Waals surface area contributed by atoms with Gasteiger partial charge in [0.1, 0.15) is 5.75 Å². The molecule has 0 unspecified atom stereocenters. The Morgan fingerprint density at radius 2 is 1.13 bits per heavy atom. The second-order valence-corrected chi connectivity index (χ2v) is 12.8. The molecule has 0 saturated carbocycles. The SMILES string of the molecule is CCCCCCCOC(=O)CCCCCCCN(CCO)CCCCCCCC(=O)Oc1ccc(CCCC)c(CCCC)c1. The van der Waals surface area contributed by atoms with E-state index in [4.69, 9.17) is 9.47 Å². The molecule has 1 aromatic rings. The van der Waals surface area contributed by atoms with Gasteiger partial charge in [-0.3, -0.25) is 9.59 Å². The van der Waals surface area contributed by atoms with Crippen LogP contribution in [0.4, 0.5) is 0 Å². The minimum absolute atomic E-state index is 0.0425. The molecule has 1 rings (SSSR count). The van der Waals surface area contributed by atoms with Crippen LogP contribution in [0.5, 0.6) is 5.75 Å². The fourth-order valence-electron chi connectivity index (χ4n) is 5.77. The molecule has 0 amide bonds. The molecule has 0 saturated heterocycles. The summed E-state index contributed by atoms with van der Waals surface area (Å²) in [4.78, 5) is 26.7. The molecule has 0 heterocycles. The van der Waals surface area contributed by atoms with Gasteiger partial charge in [0, 0.05) is 19.4 Å². The number of benzene rings is 1. The number of aliphatic hydroxyl groups excluding tert-OH is 1. The van der Waals surface area contributed by atoms with Crippen molar-refractivity contribution in [3.8, 4) is 5.75 Å². The first-order valence-corrected chi connectivity index (χ1v) is 18.8. The third kappa shape index (κ3) is 23.1. The van der Waals surface area contributed by atoms with Crippen LogP contribution in [0.25, 0.3) is 0 Å². The number of rotatable bonds is 31. The number of unbranched alkanes of at least 4 members (excludes halogenated alkanes) is 14. The zero-order valence-electron chi connectivity index (χ0n) is 29.6. The molecule has 1 N–H and O–H groups in total. The highest BCUT2D eigenvalue weighted by Gasteiger charge is 2.10. The van der Waals surface area contributed by atoms with Crippen LogP contribution in [-0.4, -0.2) is 54.8 Å². The van der Waals surface area contributed by atoms with Crippen LogP contribution in [0.1, 0.15) is 167 Å². The van der Waals surface area contributed by atoms with Crippen LogP contribution in [0.15, 0.2) is 18.2 Å². The van der Waals surface area contributed by atoms with E-state index in [1.807, 2.05) is 6.07 Å². The summed E-state index contributed by atoms with van der Waals surface area (Å²) >= 11 is 0. The standard InChI is InChI=1S/C39H69NO5/c1-4-7-10-17-22-33-44-38(42)25-18-13-11-15-20-29-40(31-32-41)30-21-16-12-14-19-26-39(43)45-37-28-27-35(23-8-5-2)36(34-37)24-9-6-3/h27-28,34,41H,4-26,29-33H2,1-3H3. The summed E-state index contributed by atoms with van der Waals surface area (Å²) in [7, 11) is 0. The molecular weight excluding hydrogens is 562 g/mol. The Kier molecular flexibility index (Phi) is 26.9. The fourth-order valence-corrected chi connectivity index (χ4v) is 5.77. The van der Waals surface area contributed by atoms with Crippen molar-refractivity contribution in [2.24, 2.45) is 0 Å². The Balaban J connectivity index is 2.11. The van der Waals surface area contributed by atoms with Gasteiger partial charge in [-0.15, -0.1) is 0 Å². The Morgan fingerprint density at radius 3 is 1.76 bits per heavy atom. The average Bonchev–Trinajstić information content (AvgIpc) is 3.03. The smallest absolute Gasteiger partial charge is 0.311 e. The van der Waals surface area contributed by atoms with Gasteiger partial charge >= 0.3 is 11.9 Å². The molecule has 0 radical (unpaired) electrons. The molecule has 6 nitrogen and oxygen atoms in total. The van der Waals surface area contributed by atoms with Crippen molar-refractivity contribution in [3.05, 3.63) is 29.3 Å². The van der Waals surface area contributed by atoms with E-state index in [2.05, 4.69) is 37.8 Å². The van der Waals surface area contributed by atoms with Crippen LogP contribution in [0, 0.1) is 0 Å². The lowest BCUT2D eigenvalue weighted by Crippen LogP contribution is -2.29.